The monoisotopic (exact) mass is 422 g/mol. The van der Waals surface area contributed by atoms with Crippen molar-refractivity contribution in [3.63, 3.8) is 0 Å². The maximum Gasteiger partial charge on any atom is 0.248 e. The second kappa shape index (κ2) is 8.19. The molecule has 2 aliphatic heterocycles. The molecule has 1 spiro atoms. The summed E-state index contributed by atoms with van der Waals surface area (Å²) in [7, 11) is 1.91. The van der Waals surface area contributed by atoms with E-state index in [1.165, 1.54) is 0 Å². The van der Waals surface area contributed by atoms with Gasteiger partial charge in [-0.3, -0.25) is 19.7 Å². The third-order valence-corrected chi connectivity index (χ3v) is 7.28. The SMILES string of the molecule is Cc1cc(C2=CCNC(C(=O)C3C(C(=O)NO)CC4(CC4)CN3C)C2)cc(C)c1C#N. The van der Waals surface area contributed by atoms with E-state index in [1.54, 1.807) is 5.48 Å². The Bertz CT molecular complexity index is 966. The zero-order chi connectivity index (χ0) is 22.3. The highest BCUT2D eigenvalue weighted by Crippen LogP contribution is 2.54. The highest BCUT2D eigenvalue weighted by molar-refractivity contribution is 5.96. The van der Waals surface area contributed by atoms with Crippen molar-refractivity contribution in [2.75, 3.05) is 20.1 Å². The van der Waals surface area contributed by atoms with Gasteiger partial charge in [0.15, 0.2) is 5.78 Å². The number of hydrogen-bond acceptors (Lipinski definition) is 6. The van der Waals surface area contributed by atoms with Gasteiger partial charge >= 0.3 is 0 Å². The van der Waals surface area contributed by atoms with E-state index < -0.39 is 23.9 Å². The highest BCUT2D eigenvalue weighted by atomic mass is 16.5. The lowest BCUT2D eigenvalue weighted by molar-refractivity contribution is -0.145. The number of carbonyl (C=O) groups is 2. The second-order valence-corrected chi connectivity index (χ2v) is 9.54. The third kappa shape index (κ3) is 4.03. The minimum atomic E-state index is -0.556. The molecule has 1 aliphatic carbocycles. The van der Waals surface area contributed by atoms with Crippen molar-refractivity contribution in [3.05, 3.63) is 40.5 Å². The van der Waals surface area contributed by atoms with E-state index in [0.29, 0.717) is 24.9 Å². The average molecular weight is 423 g/mol. The van der Waals surface area contributed by atoms with E-state index in [-0.39, 0.29) is 11.2 Å². The normalized spacial score (nSPS) is 27.3. The van der Waals surface area contributed by atoms with Crippen LogP contribution in [0, 0.1) is 36.5 Å². The number of nitrogens with one attached hydrogen (secondary N) is 2. The van der Waals surface area contributed by atoms with Gasteiger partial charge < -0.3 is 5.32 Å². The molecular weight excluding hydrogens is 392 g/mol. The first-order chi connectivity index (χ1) is 14.8. The fraction of sp³-hybridized carbons (Fsp3) is 0.542. The van der Waals surface area contributed by atoms with Gasteiger partial charge in [-0.1, -0.05) is 18.2 Å². The van der Waals surface area contributed by atoms with Gasteiger partial charge in [0.25, 0.3) is 0 Å². The largest absolute Gasteiger partial charge is 0.304 e. The summed E-state index contributed by atoms with van der Waals surface area (Å²) in [5, 5.41) is 21.9. The zero-order valence-corrected chi connectivity index (χ0v) is 18.4. The summed E-state index contributed by atoms with van der Waals surface area (Å²) in [6.45, 7) is 5.24. The Balaban J connectivity index is 1.56. The minimum absolute atomic E-state index is 0.000658. The minimum Gasteiger partial charge on any atom is -0.304 e. The lowest BCUT2D eigenvalue weighted by Gasteiger charge is -2.43. The summed E-state index contributed by atoms with van der Waals surface area (Å²) in [5.41, 5.74) is 6.58. The number of piperidine rings is 1. The number of carbonyl (C=O) groups excluding carboxylic acids is 2. The van der Waals surface area contributed by atoms with Gasteiger partial charge in [-0.05, 0) is 74.3 Å². The molecule has 0 bridgehead atoms. The Morgan fingerprint density at radius 3 is 2.55 bits per heavy atom. The molecule has 31 heavy (non-hydrogen) atoms. The number of nitriles is 1. The van der Waals surface area contributed by atoms with Gasteiger partial charge in [0.1, 0.15) is 0 Å². The molecule has 1 aromatic rings. The van der Waals surface area contributed by atoms with Gasteiger partial charge in [0, 0.05) is 13.1 Å². The lowest BCUT2D eigenvalue weighted by atomic mass is 9.76. The molecule has 3 aliphatic rings. The predicted molar refractivity (Wildman–Crippen MR) is 116 cm³/mol. The summed E-state index contributed by atoms with van der Waals surface area (Å²) in [6.07, 6.45) is 5.40. The Labute approximate surface area is 183 Å². The molecule has 164 valence electrons. The van der Waals surface area contributed by atoms with Crippen LogP contribution in [0.5, 0.6) is 0 Å². The molecule has 4 rings (SSSR count). The molecule has 3 unspecified atom stereocenters. The average Bonchev–Trinajstić information content (AvgIpc) is 3.50. The summed E-state index contributed by atoms with van der Waals surface area (Å²) >= 11 is 0. The van der Waals surface area contributed by atoms with Crippen LogP contribution in [0.3, 0.4) is 0 Å². The fourth-order valence-corrected chi connectivity index (χ4v) is 5.52. The maximum atomic E-state index is 13.6. The molecule has 1 amide bonds. The van der Waals surface area contributed by atoms with Crippen molar-refractivity contribution in [2.24, 2.45) is 11.3 Å². The number of hydroxylamine groups is 1. The molecule has 7 nitrogen and oxygen atoms in total. The molecule has 3 atom stereocenters. The van der Waals surface area contributed by atoms with Gasteiger partial charge in [0.2, 0.25) is 5.91 Å². The number of hydrogen-bond donors (Lipinski definition) is 3. The standard InChI is InChI=1S/C24H30N4O3/c1-14-8-17(9-15(2)19(14)12-25)16-4-7-26-20(10-16)22(29)21-18(23(30)27-31)11-24(5-6-24)13-28(21)3/h4,8-9,18,20-21,26,31H,5-7,10-11,13H2,1-3H3,(H,27,30). The molecule has 3 N–H and O–H groups in total. The van der Waals surface area contributed by atoms with E-state index in [4.69, 9.17) is 0 Å². The Hall–Kier alpha value is -2.53. The number of likely N-dealkylation sites (tertiary alicyclic amines) is 1. The molecule has 2 fully saturated rings. The van der Waals surface area contributed by atoms with Crippen molar-refractivity contribution in [1.29, 1.82) is 5.26 Å². The number of aryl methyl sites for hydroxylation is 2. The number of rotatable bonds is 4. The van der Waals surface area contributed by atoms with Crippen LogP contribution in [0.25, 0.3) is 5.57 Å². The topological polar surface area (TPSA) is 105 Å². The number of amides is 1. The lowest BCUT2D eigenvalue weighted by Crippen LogP contribution is -2.59. The van der Waals surface area contributed by atoms with E-state index in [9.17, 15) is 20.1 Å². The number of Topliss-reactive ketones (excluding diaryl/α,β-unsaturated/α-hetero) is 1. The Kier molecular flexibility index (Phi) is 5.73. The van der Waals surface area contributed by atoms with Crippen molar-refractivity contribution in [2.45, 2.75) is 51.6 Å². The van der Waals surface area contributed by atoms with Gasteiger partial charge in [0.05, 0.1) is 29.6 Å². The molecule has 1 saturated heterocycles. The molecule has 7 heteroatoms. The number of benzene rings is 1. The molecule has 1 aromatic carbocycles. The first kappa shape index (κ1) is 21.7. The first-order valence-corrected chi connectivity index (χ1v) is 10.9. The van der Waals surface area contributed by atoms with Crippen LogP contribution < -0.4 is 10.8 Å². The van der Waals surface area contributed by atoms with Crippen molar-refractivity contribution < 1.29 is 14.8 Å². The van der Waals surface area contributed by atoms with Crippen LogP contribution in [-0.4, -0.2) is 54.0 Å². The van der Waals surface area contributed by atoms with Crippen LogP contribution in [0.1, 0.15) is 47.9 Å². The van der Waals surface area contributed by atoms with Crippen LogP contribution in [0.2, 0.25) is 0 Å². The number of likely N-dealkylation sites (N-methyl/N-ethyl adjacent to an activating group) is 1. The van der Waals surface area contributed by atoms with E-state index in [0.717, 1.165) is 41.6 Å². The Morgan fingerprint density at radius 1 is 1.29 bits per heavy atom. The van der Waals surface area contributed by atoms with Gasteiger partial charge in [-0.2, -0.15) is 5.26 Å². The molecule has 2 heterocycles. The maximum absolute atomic E-state index is 13.6. The first-order valence-electron chi connectivity index (χ1n) is 10.9. The smallest absolute Gasteiger partial charge is 0.248 e. The molecule has 1 saturated carbocycles. The van der Waals surface area contributed by atoms with Crippen LogP contribution >= 0.6 is 0 Å². The van der Waals surface area contributed by atoms with E-state index in [2.05, 4.69) is 17.5 Å². The van der Waals surface area contributed by atoms with E-state index in [1.807, 2.05) is 37.9 Å². The molecule has 0 radical (unpaired) electrons. The fourth-order valence-electron chi connectivity index (χ4n) is 5.52. The predicted octanol–water partition coefficient (Wildman–Crippen LogP) is 2.10. The summed E-state index contributed by atoms with van der Waals surface area (Å²) < 4.78 is 0. The van der Waals surface area contributed by atoms with Gasteiger partial charge in [-0.15, -0.1) is 0 Å². The summed E-state index contributed by atoms with van der Waals surface area (Å²) in [5.74, 6) is -1.02. The molecule has 0 aromatic heterocycles. The summed E-state index contributed by atoms with van der Waals surface area (Å²) in [4.78, 5) is 28.1. The third-order valence-electron chi connectivity index (χ3n) is 7.28. The Morgan fingerprint density at radius 2 is 1.97 bits per heavy atom. The van der Waals surface area contributed by atoms with Gasteiger partial charge in [-0.25, -0.2) is 5.48 Å². The number of nitrogens with zero attached hydrogens (tertiary/aromatic N) is 2. The van der Waals surface area contributed by atoms with Crippen molar-refractivity contribution in [3.8, 4) is 6.07 Å². The van der Waals surface area contributed by atoms with Crippen molar-refractivity contribution >= 4 is 17.3 Å². The quantitative estimate of drug-likeness (QED) is 0.507. The highest BCUT2D eigenvalue weighted by Gasteiger charge is 2.55. The van der Waals surface area contributed by atoms with E-state index >= 15 is 0 Å². The number of ketones is 1. The van der Waals surface area contributed by atoms with Crippen LogP contribution in [0.15, 0.2) is 18.2 Å². The van der Waals surface area contributed by atoms with Crippen molar-refractivity contribution in [1.82, 2.24) is 15.7 Å². The molecular formula is C24H30N4O3. The van der Waals surface area contributed by atoms with Crippen LogP contribution in [0.4, 0.5) is 0 Å². The summed E-state index contributed by atoms with van der Waals surface area (Å²) in [6, 6.07) is 5.32. The zero-order valence-electron chi connectivity index (χ0n) is 18.4. The van der Waals surface area contributed by atoms with Crippen LogP contribution in [-0.2, 0) is 9.59 Å². The second-order valence-electron chi connectivity index (χ2n) is 9.54.